The fourth-order valence-electron chi connectivity index (χ4n) is 1.85. The minimum atomic E-state index is -0.568. The maximum absolute atomic E-state index is 12.0. The van der Waals surface area contributed by atoms with Gasteiger partial charge in [-0.05, 0) is 29.8 Å². The van der Waals surface area contributed by atoms with Gasteiger partial charge in [0.15, 0.2) is 0 Å². The van der Waals surface area contributed by atoms with Crippen molar-refractivity contribution in [2.24, 2.45) is 0 Å². The molecule has 0 aromatic carbocycles. The van der Waals surface area contributed by atoms with Crippen LogP contribution in [0.25, 0.3) is 0 Å². The Morgan fingerprint density at radius 2 is 2.00 bits per heavy atom. The van der Waals surface area contributed by atoms with E-state index in [0.717, 1.165) is 4.47 Å². The number of carbonyl (C=O) groups excluding carboxylic acids is 2. The highest BCUT2D eigenvalue weighted by Gasteiger charge is 2.40. The van der Waals surface area contributed by atoms with Crippen molar-refractivity contribution in [3.05, 3.63) is 16.9 Å². The molecule has 2 amide bonds. The van der Waals surface area contributed by atoms with Gasteiger partial charge in [-0.15, -0.1) is 0 Å². The first-order valence-corrected chi connectivity index (χ1v) is 6.38. The van der Waals surface area contributed by atoms with Crippen LogP contribution >= 0.6 is 15.9 Å². The first-order chi connectivity index (χ1) is 8.49. The van der Waals surface area contributed by atoms with Gasteiger partial charge in [0, 0.05) is 18.4 Å². The molecule has 0 saturated carbocycles. The van der Waals surface area contributed by atoms with Crippen molar-refractivity contribution in [2.75, 3.05) is 5.32 Å². The molecule has 1 aliphatic rings. The smallest absolute Gasteiger partial charge is 0.252 e. The van der Waals surface area contributed by atoms with Crippen LogP contribution in [0, 0.1) is 0 Å². The number of hydrogen-bond acceptors (Lipinski definition) is 5. The van der Waals surface area contributed by atoms with E-state index in [1.165, 1.54) is 4.90 Å². The van der Waals surface area contributed by atoms with Crippen molar-refractivity contribution in [2.45, 2.75) is 32.4 Å². The predicted molar refractivity (Wildman–Crippen MR) is 68.7 cm³/mol. The Morgan fingerprint density at radius 1 is 1.39 bits per heavy atom. The maximum atomic E-state index is 12.0. The third kappa shape index (κ3) is 2.50. The van der Waals surface area contributed by atoms with Gasteiger partial charge in [0.05, 0.1) is 10.9 Å². The number of imide groups is 1. The number of hydrogen-bond donors (Lipinski definition) is 1. The second-order valence-electron chi connectivity index (χ2n) is 4.32. The van der Waals surface area contributed by atoms with Crippen molar-refractivity contribution in [3.63, 3.8) is 0 Å². The minimum absolute atomic E-state index is 0.123. The molecule has 0 aliphatic carbocycles. The lowest BCUT2D eigenvalue weighted by atomic mass is 10.2. The predicted octanol–water partition coefficient (Wildman–Crippen LogP) is 1.19. The highest BCUT2D eigenvalue weighted by atomic mass is 79.9. The molecule has 1 saturated heterocycles. The Balaban J connectivity index is 2.10. The summed E-state index contributed by atoms with van der Waals surface area (Å²) in [5.41, 5.74) is 0. The Bertz CT molecular complexity index is 474. The third-order valence-corrected chi connectivity index (χ3v) is 3.03. The average molecular weight is 313 g/mol. The summed E-state index contributed by atoms with van der Waals surface area (Å²) in [7, 11) is 0. The second-order valence-corrected chi connectivity index (χ2v) is 5.24. The van der Waals surface area contributed by atoms with E-state index in [4.69, 9.17) is 0 Å². The van der Waals surface area contributed by atoms with E-state index in [9.17, 15) is 9.59 Å². The summed E-state index contributed by atoms with van der Waals surface area (Å²) in [5, 5.41) is 2.88. The lowest BCUT2D eigenvalue weighted by Crippen LogP contribution is -2.39. The summed E-state index contributed by atoms with van der Waals surface area (Å²) in [6, 6.07) is -0.691. The fourth-order valence-corrected chi connectivity index (χ4v) is 2.05. The van der Waals surface area contributed by atoms with Crippen molar-refractivity contribution in [1.82, 2.24) is 14.9 Å². The largest absolute Gasteiger partial charge is 0.342 e. The minimum Gasteiger partial charge on any atom is -0.342 e. The van der Waals surface area contributed by atoms with Gasteiger partial charge in [0.2, 0.25) is 11.9 Å². The van der Waals surface area contributed by atoms with E-state index in [0.29, 0.717) is 5.95 Å². The van der Waals surface area contributed by atoms with Gasteiger partial charge in [-0.25, -0.2) is 9.97 Å². The van der Waals surface area contributed by atoms with Crippen LogP contribution in [0.5, 0.6) is 0 Å². The number of nitrogens with zero attached hydrogens (tertiary/aromatic N) is 3. The first kappa shape index (κ1) is 12.9. The van der Waals surface area contributed by atoms with Crippen LogP contribution < -0.4 is 5.32 Å². The lowest BCUT2D eigenvalue weighted by molar-refractivity contribution is -0.140. The van der Waals surface area contributed by atoms with E-state index in [-0.39, 0.29) is 24.3 Å². The topological polar surface area (TPSA) is 75.2 Å². The van der Waals surface area contributed by atoms with E-state index < -0.39 is 6.04 Å². The Hall–Kier alpha value is -1.50. The molecule has 1 aromatic rings. The molecular weight excluding hydrogens is 300 g/mol. The molecule has 6 nitrogen and oxygen atoms in total. The Morgan fingerprint density at radius 3 is 2.50 bits per heavy atom. The molecule has 1 fully saturated rings. The van der Waals surface area contributed by atoms with Gasteiger partial charge in [-0.3, -0.25) is 14.5 Å². The summed E-state index contributed by atoms with van der Waals surface area (Å²) in [6.45, 7) is 3.63. The molecular formula is C11H13BrN4O2. The van der Waals surface area contributed by atoms with E-state index >= 15 is 0 Å². The van der Waals surface area contributed by atoms with Gasteiger partial charge in [-0.2, -0.15) is 0 Å². The summed E-state index contributed by atoms with van der Waals surface area (Å²) in [5.74, 6) is -0.0407. The zero-order chi connectivity index (χ0) is 13.3. The van der Waals surface area contributed by atoms with Gasteiger partial charge in [0.1, 0.15) is 6.04 Å². The molecule has 1 atom stereocenters. The number of likely N-dealkylation sites (tertiary alicyclic amines) is 1. The number of anilines is 1. The van der Waals surface area contributed by atoms with Gasteiger partial charge in [-0.1, -0.05) is 0 Å². The molecule has 0 radical (unpaired) electrons. The molecule has 7 heteroatoms. The molecule has 0 spiro atoms. The molecule has 96 valence electrons. The standard InChI is InChI=1S/C11H13BrN4O2/c1-6(2)16-9(17)3-8(10(16)18)15-11-13-4-7(12)5-14-11/h4-6,8H,3H2,1-2H3,(H,13,14,15). The van der Waals surface area contributed by atoms with Gasteiger partial charge >= 0.3 is 0 Å². The third-order valence-electron chi connectivity index (χ3n) is 2.62. The normalized spacial score (nSPS) is 19.8. The van der Waals surface area contributed by atoms with Crippen LogP contribution in [-0.2, 0) is 9.59 Å². The van der Waals surface area contributed by atoms with E-state index in [1.807, 2.05) is 13.8 Å². The highest BCUT2D eigenvalue weighted by molar-refractivity contribution is 9.10. The van der Waals surface area contributed by atoms with Crippen molar-refractivity contribution < 1.29 is 9.59 Å². The van der Waals surface area contributed by atoms with Gasteiger partial charge < -0.3 is 5.32 Å². The molecule has 1 aromatic heterocycles. The first-order valence-electron chi connectivity index (χ1n) is 5.59. The fraction of sp³-hybridized carbons (Fsp3) is 0.455. The van der Waals surface area contributed by atoms with Crippen LogP contribution in [0.1, 0.15) is 20.3 Å². The number of halogens is 1. The molecule has 1 aliphatic heterocycles. The highest BCUT2D eigenvalue weighted by Crippen LogP contribution is 2.19. The number of nitrogens with one attached hydrogen (secondary N) is 1. The Kier molecular flexibility index (Phi) is 3.60. The second kappa shape index (κ2) is 5.01. The summed E-state index contributed by atoms with van der Waals surface area (Å²) >= 11 is 3.23. The zero-order valence-corrected chi connectivity index (χ0v) is 11.6. The number of rotatable bonds is 3. The zero-order valence-electron chi connectivity index (χ0n) is 10.1. The van der Waals surface area contributed by atoms with Crippen LogP contribution in [0.3, 0.4) is 0 Å². The summed E-state index contributed by atoms with van der Waals surface area (Å²) in [4.78, 5) is 33.0. The van der Waals surface area contributed by atoms with E-state index in [1.54, 1.807) is 12.4 Å². The molecule has 2 heterocycles. The van der Waals surface area contributed by atoms with Crippen LogP contribution in [-0.4, -0.2) is 38.8 Å². The number of aromatic nitrogens is 2. The van der Waals surface area contributed by atoms with Gasteiger partial charge in [0.25, 0.3) is 5.91 Å². The average Bonchev–Trinajstić information content (AvgIpc) is 2.57. The molecule has 2 rings (SSSR count). The summed E-state index contributed by atoms with van der Waals surface area (Å²) in [6.07, 6.45) is 3.31. The van der Waals surface area contributed by atoms with Crippen LogP contribution in [0.4, 0.5) is 5.95 Å². The number of carbonyl (C=O) groups is 2. The lowest BCUT2D eigenvalue weighted by Gasteiger charge is -2.19. The monoisotopic (exact) mass is 312 g/mol. The molecule has 0 bridgehead atoms. The Labute approximate surface area is 113 Å². The van der Waals surface area contributed by atoms with Crippen LogP contribution in [0.15, 0.2) is 16.9 Å². The SMILES string of the molecule is CC(C)N1C(=O)CC(Nc2ncc(Br)cn2)C1=O. The quantitative estimate of drug-likeness (QED) is 0.848. The van der Waals surface area contributed by atoms with E-state index in [2.05, 4.69) is 31.2 Å². The van der Waals surface area contributed by atoms with Crippen molar-refractivity contribution in [1.29, 1.82) is 0 Å². The summed E-state index contributed by atoms with van der Waals surface area (Å²) < 4.78 is 0.755. The van der Waals surface area contributed by atoms with Crippen molar-refractivity contribution >= 4 is 33.7 Å². The maximum Gasteiger partial charge on any atom is 0.252 e. The number of amides is 2. The molecule has 1 unspecified atom stereocenters. The molecule has 18 heavy (non-hydrogen) atoms. The molecule has 1 N–H and O–H groups in total. The van der Waals surface area contributed by atoms with Crippen LogP contribution in [0.2, 0.25) is 0 Å². The van der Waals surface area contributed by atoms with Crippen molar-refractivity contribution in [3.8, 4) is 0 Å².